The molecular weight excluding hydrogens is 266 g/mol. The molecule has 0 aliphatic heterocycles. The number of hydrogen-bond acceptors (Lipinski definition) is 3. The number of rotatable bonds is 3. The molecule has 0 aromatic heterocycles. The van der Waals surface area contributed by atoms with Gasteiger partial charge in [0.25, 0.3) is 0 Å². The molecule has 1 saturated carbocycles. The van der Waals surface area contributed by atoms with Crippen molar-refractivity contribution in [2.75, 3.05) is 5.32 Å². The largest absolute Gasteiger partial charge is 0.320 e. The van der Waals surface area contributed by atoms with Crippen molar-refractivity contribution in [1.82, 2.24) is 5.32 Å². The van der Waals surface area contributed by atoms with Crippen LogP contribution in [-0.2, 0) is 0 Å². The average Bonchev–Trinajstić information content (AvgIpc) is 2.48. The highest BCUT2D eigenvalue weighted by Crippen LogP contribution is 2.27. The van der Waals surface area contributed by atoms with E-state index in [1.807, 2.05) is 0 Å². The number of nitrogens with zero attached hydrogens (tertiary/aromatic N) is 1. The van der Waals surface area contributed by atoms with E-state index < -0.39 is 5.54 Å². The molecule has 2 N–H and O–H groups in total. The molecule has 5 heteroatoms. The van der Waals surface area contributed by atoms with Crippen LogP contribution < -0.4 is 10.6 Å². The molecule has 0 heterocycles. The number of carbonyl (C=O) groups excluding carboxylic acids is 2. The van der Waals surface area contributed by atoms with Crippen LogP contribution in [0.15, 0.2) is 24.3 Å². The van der Waals surface area contributed by atoms with E-state index in [1.165, 1.54) is 6.92 Å². The molecule has 1 aliphatic rings. The van der Waals surface area contributed by atoms with Crippen molar-refractivity contribution in [2.45, 2.75) is 44.6 Å². The summed E-state index contributed by atoms with van der Waals surface area (Å²) in [6.07, 6.45) is 4.42. The topological polar surface area (TPSA) is 82.0 Å². The lowest BCUT2D eigenvalue weighted by molar-refractivity contribution is 0.101. The Hall–Kier alpha value is -2.35. The van der Waals surface area contributed by atoms with Gasteiger partial charge in [0, 0.05) is 11.3 Å². The predicted octanol–water partition coefficient (Wildman–Crippen LogP) is 3.24. The molecule has 1 fully saturated rings. The maximum atomic E-state index is 12.0. The fraction of sp³-hybridized carbons (Fsp3) is 0.438. The number of anilines is 1. The number of nitriles is 1. The van der Waals surface area contributed by atoms with E-state index in [0.29, 0.717) is 24.1 Å². The normalized spacial score (nSPS) is 16.6. The number of nitrogens with one attached hydrogen (secondary N) is 2. The van der Waals surface area contributed by atoms with Crippen molar-refractivity contribution in [2.24, 2.45) is 0 Å². The third-order valence-electron chi connectivity index (χ3n) is 3.82. The molecule has 0 radical (unpaired) electrons. The Morgan fingerprint density at radius 3 is 2.29 bits per heavy atom. The summed E-state index contributed by atoms with van der Waals surface area (Å²) in [7, 11) is 0. The van der Waals surface area contributed by atoms with E-state index in [1.54, 1.807) is 24.3 Å². The second kappa shape index (κ2) is 6.40. The summed E-state index contributed by atoms with van der Waals surface area (Å²) >= 11 is 0. The Morgan fingerprint density at radius 2 is 1.76 bits per heavy atom. The molecule has 5 nitrogen and oxygen atoms in total. The number of benzene rings is 1. The second-order valence-corrected chi connectivity index (χ2v) is 5.47. The van der Waals surface area contributed by atoms with E-state index in [-0.39, 0.29) is 11.8 Å². The fourth-order valence-electron chi connectivity index (χ4n) is 2.59. The van der Waals surface area contributed by atoms with Gasteiger partial charge in [0.15, 0.2) is 5.78 Å². The fourth-order valence-corrected chi connectivity index (χ4v) is 2.59. The molecule has 0 atom stereocenters. The number of amides is 2. The van der Waals surface area contributed by atoms with Gasteiger partial charge < -0.3 is 10.6 Å². The third-order valence-corrected chi connectivity index (χ3v) is 3.82. The number of Topliss-reactive ketones (excluding diaryl/α,β-unsaturated/α-hetero) is 1. The lowest BCUT2D eigenvalue weighted by Gasteiger charge is -2.31. The van der Waals surface area contributed by atoms with Gasteiger partial charge in [0.1, 0.15) is 5.54 Å². The number of urea groups is 1. The first-order valence-corrected chi connectivity index (χ1v) is 7.16. The summed E-state index contributed by atoms with van der Waals surface area (Å²) < 4.78 is 0. The number of ketones is 1. The van der Waals surface area contributed by atoms with Crippen LogP contribution in [0.4, 0.5) is 10.5 Å². The van der Waals surface area contributed by atoms with Crippen LogP contribution in [0.25, 0.3) is 0 Å². The molecule has 0 bridgehead atoms. The van der Waals surface area contributed by atoms with Crippen LogP contribution in [-0.4, -0.2) is 17.4 Å². The van der Waals surface area contributed by atoms with E-state index in [0.717, 1.165) is 19.3 Å². The Labute approximate surface area is 124 Å². The minimum absolute atomic E-state index is 0.0170. The van der Waals surface area contributed by atoms with E-state index >= 15 is 0 Å². The smallest absolute Gasteiger partial charge is 0.319 e. The minimum atomic E-state index is -0.748. The van der Waals surface area contributed by atoms with Crippen molar-refractivity contribution in [3.63, 3.8) is 0 Å². The number of carbonyl (C=O) groups is 2. The van der Waals surface area contributed by atoms with Crippen LogP contribution in [0, 0.1) is 11.3 Å². The Morgan fingerprint density at radius 1 is 1.14 bits per heavy atom. The summed E-state index contributed by atoms with van der Waals surface area (Å²) in [6.45, 7) is 1.49. The zero-order valence-corrected chi connectivity index (χ0v) is 12.1. The van der Waals surface area contributed by atoms with Gasteiger partial charge in [-0.25, -0.2) is 4.79 Å². The van der Waals surface area contributed by atoms with Gasteiger partial charge in [-0.2, -0.15) is 5.26 Å². The molecule has 0 unspecified atom stereocenters. The summed E-state index contributed by atoms with van der Waals surface area (Å²) in [5, 5.41) is 14.8. The maximum Gasteiger partial charge on any atom is 0.320 e. The highest BCUT2D eigenvalue weighted by atomic mass is 16.2. The van der Waals surface area contributed by atoms with Crippen LogP contribution in [0.3, 0.4) is 0 Å². The van der Waals surface area contributed by atoms with Crippen molar-refractivity contribution in [1.29, 1.82) is 5.26 Å². The predicted molar refractivity (Wildman–Crippen MR) is 80.0 cm³/mol. The zero-order valence-electron chi connectivity index (χ0n) is 12.1. The van der Waals surface area contributed by atoms with Crippen LogP contribution in [0.5, 0.6) is 0 Å². The molecular formula is C16H19N3O2. The van der Waals surface area contributed by atoms with Gasteiger partial charge in [-0.05, 0) is 44.0 Å². The quantitative estimate of drug-likeness (QED) is 0.836. The lowest BCUT2D eigenvalue weighted by atomic mass is 9.83. The molecule has 0 saturated heterocycles. The summed E-state index contributed by atoms with van der Waals surface area (Å²) in [4.78, 5) is 23.2. The average molecular weight is 285 g/mol. The minimum Gasteiger partial charge on any atom is -0.319 e. The van der Waals surface area contributed by atoms with Crippen molar-refractivity contribution < 1.29 is 9.59 Å². The summed E-state index contributed by atoms with van der Waals surface area (Å²) in [5.41, 5.74) is 0.449. The SMILES string of the molecule is CC(=O)c1ccc(NC(=O)NC2(C#N)CCCCC2)cc1. The van der Waals surface area contributed by atoms with Gasteiger partial charge >= 0.3 is 6.03 Å². The molecule has 110 valence electrons. The van der Waals surface area contributed by atoms with E-state index in [9.17, 15) is 14.9 Å². The number of hydrogen-bond donors (Lipinski definition) is 2. The molecule has 2 rings (SSSR count). The van der Waals surface area contributed by atoms with Gasteiger partial charge in [-0.15, -0.1) is 0 Å². The Bertz CT molecular complexity index is 566. The van der Waals surface area contributed by atoms with E-state index in [2.05, 4.69) is 16.7 Å². The standard InChI is InChI=1S/C16H19N3O2/c1-12(20)13-5-7-14(8-6-13)18-15(21)19-16(11-17)9-3-2-4-10-16/h5-8H,2-4,9-10H2,1H3,(H2,18,19,21). The van der Waals surface area contributed by atoms with E-state index in [4.69, 9.17) is 0 Å². The first-order valence-electron chi connectivity index (χ1n) is 7.16. The van der Waals surface area contributed by atoms with Gasteiger partial charge in [-0.3, -0.25) is 4.79 Å². The Balaban J connectivity index is 1.98. The summed E-state index contributed by atoms with van der Waals surface area (Å²) in [6, 6.07) is 8.55. The zero-order chi connectivity index (χ0) is 15.3. The highest BCUT2D eigenvalue weighted by molar-refractivity contribution is 5.95. The highest BCUT2D eigenvalue weighted by Gasteiger charge is 2.33. The molecule has 21 heavy (non-hydrogen) atoms. The molecule has 1 aromatic carbocycles. The lowest BCUT2D eigenvalue weighted by Crippen LogP contribution is -2.50. The first kappa shape index (κ1) is 15.0. The monoisotopic (exact) mass is 285 g/mol. The van der Waals surface area contributed by atoms with Gasteiger partial charge in [0.2, 0.25) is 0 Å². The third kappa shape index (κ3) is 3.82. The van der Waals surface area contributed by atoms with Crippen LogP contribution in [0.1, 0.15) is 49.4 Å². The van der Waals surface area contributed by atoms with Gasteiger partial charge in [0.05, 0.1) is 6.07 Å². The second-order valence-electron chi connectivity index (χ2n) is 5.47. The molecule has 1 aromatic rings. The van der Waals surface area contributed by atoms with Crippen molar-refractivity contribution >= 4 is 17.5 Å². The molecule has 0 spiro atoms. The first-order chi connectivity index (χ1) is 10.0. The van der Waals surface area contributed by atoms with Crippen LogP contribution >= 0.6 is 0 Å². The van der Waals surface area contributed by atoms with Crippen molar-refractivity contribution in [3.05, 3.63) is 29.8 Å². The maximum absolute atomic E-state index is 12.0. The summed E-state index contributed by atoms with van der Waals surface area (Å²) in [5.74, 6) is -0.0170. The Kier molecular flexibility index (Phi) is 4.59. The van der Waals surface area contributed by atoms with Gasteiger partial charge in [-0.1, -0.05) is 19.3 Å². The van der Waals surface area contributed by atoms with Crippen molar-refractivity contribution in [3.8, 4) is 6.07 Å². The van der Waals surface area contributed by atoms with Crippen LogP contribution in [0.2, 0.25) is 0 Å². The molecule has 1 aliphatic carbocycles. The molecule has 2 amide bonds.